The Balaban J connectivity index is 1.45. The number of nitrogens with one attached hydrogen (secondary N) is 1. The lowest BCUT2D eigenvalue weighted by Crippen LogP contribution is -2.40. The quantitative estimate of drug-likeness (QED) is 0.502. The van der Waals surface area contributed by atoms with Gasteiger partial charge in [-0.15, -0.1) is 5.10 Å². The van der Waals surface area contributed by atoms with Gasteiger partial charge in [0.2, 0.25) is 21.1 Å². The van der Waals surface area contributed by atoms with E-state index in [0.29, 0.717) is 37.1 Å². The van der Waals surface area contributed by atoms with Crippen LogP contribution in [0.1, 0.15) is 11.1 Å². The van der Waals surface area contributed by atoms with Crippen molar-refractivity contribution in [3.8, 4) is 5.69 Å². The van der Waals surface area contributed by atoms with E-state index in [1.807, 2.05) is 38.1 Å². The summed E-state index contributed by atoms with van der Waals surface area (Å²) in [6, 6.07) is 12.4. The van der Waals surface area contributed by atoms with Gasteiger partial charge in [-0.1, -0.05) is 36.0 Å². The van der Waals surface area contributed by atoms with Crippen molar-refractivity contribution in [3.05, 3.63) is 53.6 Å². The Hall–Kier alpha value is -2.80. The van der Waals surface area contributed by atoms with Crippen molar-refractivity contribution >= 4 is 33.4 Å². The molecule has 0 radical (unpaired) electrons. The molecule has 3 aromatic rings. The van der Waals surface area contributed by atoms with Crippen molar-refractivity contribution in [2.75, 3.05) is 37.4 Å². The number of thioether (sulfide) groups is 1. The molecule has 1 amide bonds. The van der Waals surface area contributed by atoms with Gasteiger partial charge < -0.3 is 10.1 Å². The maximum atomic E-state index is 12.9. The third kappa shape index (κ3) is 5.24. The zero-order valence-electron chi connectivity index (χ0n) is 18.3. The van der Waals surface area contributed by atoms with E-state index in [-0.39, 0.29) is 16.6 Å². The Morgan fingerprint density at radius 3 is 2.64 bits per heavy atom. The van der Waals surface area contributed by atoms with E-state index in [9.17, 15) is 13.2 Å². The first kappa shape index (κ1) is 23.4. The Morgan fingerprint density at radius 1 is 1.12 bits per heavy atom. The molecule has 1 N–H and O–H groups in total. The average Bonchev–Trinajstić information content (AvgIpc) is 3.28. The minimum atomic E-state index is -3.66. The highest BCUT2D eigenvalue weighted by Crippen LogP contribution is 2.25. The van der Waals surface area contributed by atoms with Crippen LogP contribution in [0.15, 0.2) is 52.5 Å². The molecule has 0 aliphatic carbocycles. The predicted molar refractivity (Wildman–Crippen MR) is 124 cm³/mol. The minimum absolute atomic E-state index is 0.0616. The summed E-state index contributed by atoms with van der Waals surface area (Å²) in [7, 11) is -3.66. The second kappa shape index (κ2) is 10.00. The molecule has 1 aliphatic rings. The second-order valence-electron chi connectivity index (χ2n) is 7.49. The van der Waals surface area contributed by atoms with Gasteiger partial charge in [0, 0.05) is 18.8 Å². The second-order valence-corrected chi connectivity index (χ2v) is 10.4. The number of carbonyl (C=O) groups excluding carboxylic acids is 1. The van der Waals surface area contributed by atoms with E-state index < -0.39 is 10.0 Å². The maximum Gasteiger partial charge on any atom is 0.243 e. The molecule has 12 heteroatoms. The Morgan fingerprint density at radius 2 is 1.88 bits per heavy atom. The highest BCUT2D eigenvalue weighted by Gasteiger charge is 2.27. The Labute approximate surface area is 196 Å². The van der Waals surface area contributed by atoms with E-state index in [4.69, 9.17) is 4.74 Å². The lowest BCUT2D eigenvalue weighted by Gasteiger charge is -2.26. The normalized spacial score (nSPS) is 14.8. The Kier molecular flexibility index (Phi) is 7.08. The number of ether oxygens (including phenoxy) is 1. The fraction of sp³-hybridized carbons (Fsp3) is 0.333. The number of para-hydroxylation sites is 1. The molecule has 0 spiro atoms. The summed E-state index contributed by atoms with van der Waals surface area (Å²) < 4.78 is 34.1. The van der Waals surface area contributed by atoms with Crippen LogP contribution in [0.25, 0.3) is 5.69 Å². The van der Waals surface area contributed by atoms with Gasteiger partial charge in [0.25, 0.3) is 0 Å². The van der Waals surface area contributed by atoms with E-state index in [0.717, 1.165) is 16.8 Å². The highest BCUT2D eigenvalue weighted by molar-refractivity contribution is 7.99. The summed E-state index contributed by atoms with van der Waals surface area (Å²) in [6.07, 6.45) is 0. The van der Waals surface area contributed by atoms with Crippen LogP contribution in [-0.2, 0) is 19.6 Å². The molecule has 0 bridgehead atoms. The molecule has 0 saturated carbocycles. The van der Waals surface area contributed by atoms with Crippen molar-refractivity contribution in [1.82, 2.24) is 24.5 Å². The van der Waals surface area contributed by atoms with Crippen LogP contribution in [-0.4, -0.2) is 70.9 Å². The summed E-state index contributed by atoms with van der Waals surface area (Å²) in [5, 5.41) is 15.1. The molecule has 33 heavy (non-hydrogen) atoms. The molecule has 1 aromatic heterocycles. The van der Waals surface area contributed by atoms with Crippen molar-refractivity contribution in [3.63, 3.8) is 0 Å². The van der Waals surface area contributed by atoms with Gasteiger partial charge in [0.15, 0.2) is 0 Å². The molecule has 10 nitrogen and oxygen atoms in total. The van der Waals surface area contributed by atoms with Gasteiger partial charge in [0.1, 0.15) is 0 Å². The van der Waals surface area contributed by atoms with Crippen molar-refractivity contribution < 1.29 is 17.9 Å². The molecule has 2 heterocycles. The molecule has 4 rings (SSSR count). The number of hydrogen-bond acceptors (Lipinski definition) is 8. The lowest BCUT2D eigenvalue weighted by atomic mass is 10.2. The van der Waals surface area contributed by atoms with Gasteiger partial charge >= 0.3 is 0 Å². The zero-order valence-corrected chi connectivity index (χ0v) is 19.9. The molecular weight excluding hydrogens is 464 g/mol. The molecule has 1 saturated heterocycles. The van der Waals surface area contributed by atoms with Crippen molar-refractivity contribution in [2.45, 2.75) is 23.9 Å². The standard InChI is InChI=1S/C21H24N6O4S2/c1-15-7-8-17(33(29,30)26-9-11-31-12-10-26)13-18(15)22-20(28)14-32-21-23-24-25-27(21)19-6-4-3-5-16(19)2/h3-8,13H,9-12,14H2,1-2H3,(H,22,28). The number of amides is 1. The van der Waals surface area contributed by atoms with Gasteiger partial charge in [0.05, 0.1) is 29.5 Å². The number of anilines is 1. The third-order valence-corrected chi connectivity index (χ3v) is 8.02. The number of benzene rings is 2. The van der Waals surface area contributed by atoms with E-state index >= 15 is 0 Å². The average molecular weight is 489 g/mol. The zero-order chi connectivity index (χ0) is 23.4. The monoisotopic (exact) mass is 488 g/mol. The summed E-state index contributed by atoms with van der Waals surface area (Å²) in [6.45, 7) is 5.13. The van der Waals surface area contributed by atoms with E-state index in [2.05, 4.69) is 20.8 Å². The SMILES string of the molecule is Cc1ccc(S(=O)(=O)N2CCOCC2)cc1NC(=O)CSc1nnnn1-c1ccccc1C. The number of morpholine rings is 1. The first-order chi connectivity index (χ1) is 15.9. The van der Waals surface area contributed by atoms with Crippen LogP contribution in [0.2, 0.25) is 0 Å². The first-order valence-corrected chi connectivity index (χ1v) is 12.7. The fourth-order valence-electron chi connectivity index (χ4n) is 3.37. The van der Waals surface area contributed by atoms with Gasteiger partial charge in [-0.05, 0) is 53.6 Å². The number of hydrogen-bond donors (Lipinski definition) is 1. The number of aryl methyl sites for hydroxylation is 2. The van der Waals surface area contributed by atoms with Crippen LogP contribution in [0, 0.1) is 13.8 Å². The van der Waals surface area contributed by atoms with Crippen molar-refractivity contribution in [2.24, 2.45) is 0 Å². The minimum Gasteiger partial charge on any atom is -0.379 e. The molecule has 1 aliphatic heterocycles. The van der Waals surface area contributed by atoms with Crippen LogP contribution >= 0.6 is 11.8 Å². The van der Waals surface area contributed by atoms with Crippen LogP contribution in [0.4, 0.5) is 5.69 Å². The topological polar surface area (TPSA) is 119 Å². The number of nitrogens with zero attached hydrogens (tertiary/aromatic N) is 5. The maximum absolute atomic E-state index is 12.9. The number of carbonyl (C=O) groups is 1. The number of rotatable bonds is 7. The molecule has 2 aromatic carbocycles. The molecule has 174 valence electrons. The Bertz CT molecular complexity index is 1260. The third-order valence-electron chi connectivity index (χ3n) is 5.21. The first-order valence-electron chi connectivity index (χ1n) is 10.3. The molecule has 0 unspecified atom stereocenters. The lowest BCUT2D eigenvalue weighted by molar-refractivity contribution is -0.113. The van der Waals surface area contributed by atoms with Gasteiger partial charge in [-0.25, -0.2) is 8.42 Å². The summed E-state index contributed by atoms with van der Waals surface area (Å²) >= 11 is 1.20. The van der Waals surface area contributed by atoms with Gasteiger partial charge in [-0.2, -0.15) is 8.99 Å². The summed E-state index contributed by atoms with van der Waals surface area (Å²) in [5.41, 5.74) is 3.06. The van der Waals surface area contributed by atoms with Crippen LogP contribution in [0.3, 0.4) is 0 Å². The van der Waals surface area contributed by atoms with Crippen molar-refractivity contribution in [1.29, 1.82) is 0 Å². The van der Waals surface area contributed by atoms with Gasteiger partial charge in [-0.3, -0.25) is 4.79 Å². The number of sulfonamides is 1. The number of aromatic nitrogens is 4. The van der Waals surface area contributed by atoms with E-state index in [1.165, 1.54) is 22.1 Å². The molecule has 1 fully saturated rings. The number of tetrazole rings is 1. The van der Waals surface area contributed by atoms with Crippen LogP contribution < -0.4 is 5.32 Å². The summed E-state index contributed by atoms with van der Waals surface area (Å²) in [4.78, 5) is 12.8. The fourth-order valence-corrected chi connectivity index (χ4v) is 5.49. The molecule has 0 atom stereocenters. The molecular formula is C21H24N6O4S2. The van der Waals surface area contributed by atoms with E-state index in [1.54, 1.807) is 16.8 Å². The highest BCUT2D eigenvalue weighted by atomic mass is 32.2. The predicted octanol–water partition coefficient (Wildman–Crippen LogP) is 2.03. The largest absolute Gasteiger partial charge is 0.379 e. The smallest absolute Gasteiger partial charge is 0.243 e. The summed E-state index contributed by atoms with van der Waals surface area (Å²) in [5.74, 6) is -0.227. The van der Waals surface area contributed by atoms with Crippen LogP contribution in [0.5, 0.6) is 0 Å².